The Morgan fingerprint density at radius 1 is 1.17 bits per heavy atom. The number of rotatable bonds is 7. The van der Waals surface area contributed by atoms with Crippen molar-refractivity contribution < 1.29 is 19.4 Å². The molecule has 8 heteroatoms. The summed E-state index contributed by atoms with van der Waals surface area (Å²) in [4.78, 5) is 24.0. The first kappa shape index (κ1) is 20.1. The highest BCUT2D eigenvalue weighted by molar-refractivity contribution is 5.96. The summed E-state index contributed by atoms with van der Waals surface area (Å²) in [6.07, 6.45) is -0.00141. The number of methoxy groups -OCH3 is 1. The minimum atomic E-state index is -0.502. The number of azo groups is 1. The largest absolute Gasteiger partial charge is 0.497 e. The van der Waals surface area contributed by atoms with Crippen LogP contribution in [-0.4, -0.2) is 35.1 Å². The van der Waals surface area contributed by atoms with Gasteiger partial charge in [0.1, 0.15) is 5.75 Å². The summed E-state index contributed by atoms with van der Waals surface area (Å²) in [5.41, 5.74) is 1.50. The third kappa shape index (κ3) is 4.43. The second-order valence-corrected chi connectivity index (χ2v) is 6.27. The van der Waals surface area contributed by atoms with Gasteiger partial charge in [0.25, 0.3) is 11.8 Å². The molecule has 0 aliphatic rings. The predicted molar refractivity (Wildman–Crippen MR) is 109 cm³/mol. The fourth-order valence-electron chi connectivity index (χ4n) is 2.98. The second-order valence-electron chi connectivity index (χ2n) is 6.27. The molecular formula is C21H22N4O4. The second kappa shape index (κ2) is 9.01. The highest BCUT2D eigenvalue weighted by Gasteiger charge is 2.17. The molecule has 3 rings (SSSR count). The Morgan fingerprint density at radius 2 is 1.93 bits per heavy atom. The molecule has 1 aromatic heterocycles. The highest BCUT2D eigenvalue weighted by atomic mass is 16.5. The molecule has 0 fully saturated rings. The zero-order chi connectivity index (χ0) is 20.8. The van der Waals surface area contributed by atoms with Gasteiger partial charge in [-0.3, -0.25) is 9.59 Å². The molecule has 0 aliphatic carbocycles. The molecule has 0 saturated heterocycles. The first-order chi connectivity index (χ1) is 14.0. The van der Waals surface area contributed by atoms with Crippen LogP contribution in [0.4, 0.5) is 5.69 Å². The first-order valence-electron chi connectivity index (χ1n) is 9.22. The van der Waals surface area contributed by atoms with Crippen LogP contribution in [0, 0.1) is 0 Å². The average Bonchev–Trinajstić information content (AvgIpc) is 3.02. The van der Waals surface area contributed by atoms with Gasteiger partial charge in [0.2, 0.25) is 5.88 Å². The summed E-state index contributed by atoms with van der Waals surface area (Å²) in [7, 11) is 1.55. The lowest BCUT2D eigenvalue weighted by atomic mass is 10.2. The van der Waals surface area contributed by atoms with Crippen molar-refractivity contribution in [2.45, 2.75) is 19.9 Å². The molecule has 3 aromatic rings. The topological polar surface area (TPSA) is 105 Å². The van der Waals surface area contributed by atoms with Crippen molar-refractivity contribution in [2.75, 3.05) is 13.7 Å². The summed E-state index contributed by atoms with van der Waals surface area (Å²) < 4.78 is 6.90. The Morgan fingerprint density at radius 3 is 2.62 bits per heavy atom. The van der Waals surface area contributed by atoms with Crippen molar-refractivity contribution in [2.24, 2.45) is 10.2 Å². The number of nitrogens with one attached hydrogen (secondary N) is 1. The quantitative estimate of drug-likeness (QED) is 0.595. The zero-order valence-corrected chi connectivity index (χ0v) is 16.3. The van der Waals surface area contributed by atoms with Crippen molar-refractivity contribution in [1.82, 2.24) is 9.88 Å². The van der Waals surface area contributed by atoms with Gasteiger partial charge in [-0.25, -0.2) is 0 Å². The fraction of sp³-hybridized carbons (Fsp3) is 0.238. The van der Waals surface area contributed by atoms with E-state index in [0.717, 1.165) is 5.52 Å². The normalized spacial score (nSPS) is 11.1. The minimum Gasteiger partial charge on any atom is -0.497 e. The third-order valence-electron chi connectivity index (χ3n) is 4.46. The van der Waals surface area contributed by atoms with Gasteiger partial charge in [0.15, 0.2) is 5.69 Å². The molecule has 0 atom stereocenters. The maximum Gasteiger partial charge on any atom is 0.266 e. The maximum atomic E-state index is 12.1. The molecule has 2 N–H and O–H groups in total. The molecule has 0 bridgehead atoms. The van der Waals surface area contributed by atoms with E-state index >= 15 is 0 Å². The fourth-order valence-corrected chi connectivity index (χ4v) is 2.98. The zero-order valence-electron chi connectivity index (χ0n) is 16.3. The van der Waals surface area contributed by atoms with Gasteiger partial charge in [-0.15, -0.1) is 10.2 Å². The molecule has 150 valence electrons. The van der Waals surface area contributed by atoms with E-state index in [0.29, 0.717) is 23.2 Å². The Labute approximate surface area is 167 Å². The van der Waals surface area contributed by atoms with E-state index in [4.69, 9.17) is 4.74 Å². The van der Waals surface area contributed by atoms with Crippen LogP contribution in [0.25, 0.3) is 10.9 Å². The van der Waals surface area contributed by atoms with Crippen LogP contribution < -0.4 is 10.1 Å². The van der Waals surface area contributed by atoms with Gasteiger partial charge in [0, 0.05) is 30.5 Å². The number of fused-ring (bicyclic) bond motifs is 1. The summed E-state index contributed by atoms with van der Waals surface area (Å²) in [5, 5.41) is 21.4. The number of nitrogens with zero attached hydrogens (tertiary/aromatic N) is 3. The number of aryl methyl sites for hydroxylation is 1. The molecule has 0 aliphatic heterocycles. The Hall–Kier alpha value is -3.68. The lowest BCUT2D eigenvalue weighted by Crippen LogP contribution is -2.25. The number of benzene rings is 2. The van der Waals surface area contributed by atoms with E-state index in [9.17, 15) is 14.7 Å². The number of carbonyl (C=O) groups excluding carboxylic acids is 2. The standard InChI is InChI=1S/C21H22N4O4/c1-3-25-17-10-9-15(29-2)13-16(17)19(21(25)28)24-23-18(26)11-12-22-20(27)14-7-5-4-6-8-14/h4-10,13,28H,3,11-12H2,1-2H3,(H,22,27). The number of amides is 2. The van der Waals surface area contributed by atoms with Crippen LogP contribution >= 0.6 is 0 Å². The van der Waals surface area contributed by atoms with Gasteiger partial charge >= 0.3 is 0 Å². The summed E-state index contributed by atoms with van der Waals surface area (Å²) in [6, 6.07) is 14.1. The summed E-state index contributed by atoms with van der Waals surface area (Å²) in [6.45, 7) is 2.57. The number of ether oxygens (including phenoxy) is 1. The number of hydrogen-bond acceptors (Lipinski definition) is 5. The van der Waals surface area contributed by atoms with Crippen LogP contribution in [0.5, 0.6) is 11.6 Å². The van der Waals surface area contributed by atoms with E-state index in [1.807, 2.05) is 19.1 Å². The lowest BCUT2D eigenvalue weighted by molar-refractivity contribution is -0.118. The Kier molecular flexibility index (Phi) is 6.23. The van der Waals surface area contributed by atoms with E-state index in [2.05, 4.69) is 15.5 Å². The van der Waals surface area contributed by atoms with Crippen LogP contribution in [0.1, 0.15) is 23.7 Å². The van der Waals surface area contributed by atoms with Crippen LogP contribution in [0.3, 0.4) is 0 Å². The molecule has 0 spiro atoms. The van der Waals surface area contributed by atoms with Crippen molar-refractivity contribution in [3.8, 4) is 11.6 Å². The van der Waals surface area contributed by atoms with Gasteiger partial charge in [0.05, 0.1) is 12.6 Å². The smallest absolute Gasteiger partial charge is 0.266 e. The number of carbonyl (C=O) groups is 2. The van der Waals surface area contributed by atoms with Crippen LogP contribution in [0.15, 0.2) is 58.8 Å². The van der Waals surface area contributed by atoms with Gasteiger partial charge < -0.3 is 19.7 Å². The van der Waals surface area contributed by atoms with E-state index in [1.165, 1.54) is 0 Å². The summed E-state index contributed by atoms with van der Waals surface area (Å²) >= 11 is 0. The summed E-state index contributed by atoms with van der Waals surface area (Å²) in [5.74, 6) is -0.217. The van der Waals surface area contributed by atoms with E-state index in [1.54, 1.807) is 48.1 Å². The van der Waals surface area contributed by atoms with Gasteiger partial charge in [-0.2, -0.15) is 0 Å². The minimum absolute atomic E-state index is 0.00141. The predicted octanol–water partition coefficient (Wildman–Crippen LogP) is 3.81. The molecule has 2 amide bonds. The van der Waals surface area contributed by atoms with Crippen LogP contribution in [-0.2, 0) is 11.3 Å². The van der Waals surface area contributed by atoms with E-state index < -0.39 is 5.91 Å². The van der Waals surface area contributed by atoms with E-state index in [-0.39, 0.29) is 30.4 Å². The monoisotopic (exact) mass is 394 g/mol. The van der Waals surface area contributed by atoms with Crippen LogP contribution in [0.2, 0.25) is 0 Å². The molecule has 0 saturated carbocycles. The lowest BCUT2D eigenvalue weighted by Gasteiger charge is -2.02. The first-order valence-corrected chi connectivity index (χ1v) is 9.22. The number of aromatic hydroxyl groups is 1. The van der Waals surface area contributed by atoms with Crippen molar-refractivity contribution in [1.29, 1.82) is 0 Å². The van der Waals surface area contributed by atoms with Crippen molar-refractivity contribution >= 4 is 28.4 Å². The maximum absolute atomic E-state index is 12.1. The Bertz CT molecular complexity index is 1060. The molecule has 0 radical (unpaired) electrons. The number of hydrogen-bond donors (Lipinski definition) is 2. The molecule has 29 heavy (non-hydrogen) atoms. The molecule has 1 heterocycles. The molecular weight excluding hydrogens is 372 g/mol. The third-order valence-corrected chi connectivity index (χ3v) is 4.46. The SMILES string of the molecule is CCn1c(O)c(N=NC(=O)CCNC(=O)c2ccccc2)c2cc(OC)ccc21. The Balaban J connectivity index is 1.69. The van der Waals surface area contributed by atoms with Crippen molar-refractivity contribution in [3.63, 3.8) is 0 Å². The highest BCUT2D eigenvalue weighted by Crippen LogP contribution is 2.40. The molecule has 0 unspecified atom stereocenters. The van der Waals surface area contributed by atoms with Crippen molar-refractivity contribution in [3.05, 3.63) is 54.1 Å². The average molecular weight is 394 g/mol. The number of aromatic nitrogens is 1. The molecule has 8 nitrogen and oxygen atoms in total. The molecule has 2 aromatic carbocycles. The van der Waals surface area contributed by atoms with Gasteiger partial charge in [-0.05, 0) is 37.3 Å². The van der Waals surface area contributed by atoms with Gasteiger partial charge in [-0.1, -0.05) is 18.2 Å².